The van der Waals surface area contributed by atoms with Crippen molar-refractivity contribution in [2.45, 2.75) is 26.3 Å². The fraction of sp³-hybridized carbons (Fsp3) is 0.417. The number of ether oxygens (including phenoxy) is 1. The molecule has 0 saturated carbocycles. The van der Waals surface area contributed by atoms with Crippen LogP contribution in [0.5, 0.6) is 5.75 Å². The minimum atomic E-state index is -1.02. The Morgan fingerprint density at radius 1 is 1.53 bits per heavy atom. The molecule has 4 nitrogen and oxygen atoms in total. The second-order valence-corrected chi connectivity index (χ2v) is 3.94. The van der Waals surface area contributed by atoms with E-state index >= 15 is 0 Å². The summed E-state index contributed by atoms with van der Waals surface area (Å²) in [5, 5.41) is 8.68. The fourth-order valence-electron chi connectivity index (χ4n) is 1.86. The van der Waals surface area contributed by atoms with E-state index in [1.165, 1.54) is 13.2 Å². The van der Waals surface area contributed by atoms with Gasteiger partial charge in [0.15, 0.2) is 0 Å². The van der Waals surface area contributed by atoms with Gasteiger partial charge >= 0.3 is 5.97 Å². The van der Waals surface area contributed by atoms with E-state index in [-0.39, 0.29) is 6.42 Å². The molecule has 0 amide bonds. The molecule has 94 valence electrons. The molecular formula is C12H16FNO3. The first kappa shape index (κ1) is 13.4. The van der Waals surface area contributed by atoms with E-state index in [0.29, 0.717) is 22.4 Å². The smallest absolute Gasteiger partial charge is 0.305 e. The predicted molar refractivity (Wildman–Crippen MR) is 61.6 cm³/mol. The lowest BCUT2D eigenvalue weighted by molar-refractivity contribution is -0.137. The number of nitrogens with two attached hydrogens (primary N) is 1. The van der Waals surface area contributed by atoms with Gasteiger partial charge in [-0.2, -0.15) is 0 Å². The third-order valence-electron chi connectivity index (χ3n) is 2.75. The number of hydrogen-bond donors (Lipinski definition) is 2. The van der Waals surface area contributed by atoms with Gasteiger partial charge < -0.3 is 15.6 Å². The molecule has 1 rings (SSSR count). The van der Waals surface area contributed by atoms with Gasteiger partial charge in [0.25, 0.3) is 0 Å². The van der Waals surface area contributed by atoms with Crippen LogP contribution in [0.25, 0.3) is 0 Å². The van der Waals surface area contributed by atoms with Crippen LogP contribution in [0.1, 0.15) is 29.2 Å². The summed E-state index contributed by atoms with van der Waals surface area (Å²) in [6.07, 6.45) is -0.244. The summed E-state index contributed by atoms with van der Waals surface area (Å²) in [4.78, 5) is 10.6. The number of rotatable bonds is 4. The van der Waals surface area contributed by atoms with Crippen LogP contribution in [0.2, 0.25) is 0 Å². The minimum absolute atomic E-state index is 0.244. The lowest BCUT2D eigenvalue weighted by atomic mass is 9.96. The Bertz CT molecular complexity index is 446. The number of carboxylic acids is 1. The Balaban J connectivity index is 3.25. The molecule has 1 atom stereocenters. The Morgan fingerprint density at radius 3 is 2.59 bits per heavy atom. The summed E-state index contributed by atoms with van der Waals surface area (Å²) < 4.78 is 18.7. The normalized spacial score (nSPS) is 12.3. The molecule has 0 fully saturated rings. The molecule has 0 aromatic heterocycles. The number of benzene rings is 1. The summed E-state index contributed by atoms with van der Waals surface area (Å²) in [7, 11) is 1.45. The average Bonchev–Trinajstić information content (AvgIpc) is 2.23. The molecule has 0 bridgehead atoms. The highest BCUT2D eigenvalue weighted by molar-refractivity contribution is 5.68. The number of carbonyl (C=O) groups is 1. The highest BCUT2D eigenvalue weighted by Crippen LogP contribution is 2.31. The fourth-order valence-corrected chi connectivity index (χ4v) is 1.86. The molecule has 0 aliphatic heterocycles. The lowest BCUT2D eigenvalue weighted by Crippen LogP contribution is -2.17. The maximum Gasteiger partial charge on any atom is 0.305 e. The van der Waals surface area contributed by atoms with Crippen molar-refractivity contribution >= 4 is 5.97 Å². The standard InChI is InChI=1S/C12H16FNO3/c1-6-8(10(14)5-11(15)16)4-9(13)7(2)12(6)17-3/h4,10H,5,14H2,1-3H3,(H,15,16). The van der Waals surface area contributed by atoms with E-state index in [1.807, 2.05) is 0 Å². The van der Waals surface area contributed by atoms with Gasteiger partial charge in [0, 0.05) is 11.6 Å². The number of hydrogen-bond acceptors (Lipinski definition) is 3. The molecule has 0 saturated heterocycles. The van der Waals surface area contributed by atoms with Crippen LogP contribution in [0.15, 0.2) is 6.07 Å². The largest absolute Gasteiger partial charge is 0.496 e. The molecule has 1 aromatic rings. The van der Waals surface area contributed by atoms with Crippen LogP contribution in [0.4, 0.5) is 4.39 Å². The first-order valence-corrected chi connectivity index (χ1v) is 5.19. The summed E-state index contributed by atoms with van der Waals surface area (Å²) >= 11 is 0. The first-order valence-electron chi connectivity index (χ1n) is 5.19. The molecule has 0 heterocycles. The molecule has 3 N–H and O–H groups in total. The zero-order valence-electron chi connectivity index (χ0n) is 10.1. The molecule has 0 aliphatic carbocycles. The van der Waals surface area contributed by atoms with Crippen molar-refractivity contribution in [3.05, 3.63) is 28.6 Å². The highest BCUT2D eigenvalue weighted by Gasteiger charge is 2.19. The summed E-state index contributed by atoms with van der Waals surface area (Å²) in [6, 6.07) is 0.539. The van der Waals surface area contributed by atoms with Gasteiger partial charge in [-0.25, -0.2) is 4.39 Å². The number of carboxylic acid groups (broad SMARTS) is 1. The van der Waals surface area contributed by atoms with E-state index < -0.39 is 17.8 Å². The zero-order chi connectivity index (χ0) is 13.2. The molecule has 1 aromatic carbocycles. The molecule has 0 radical (unpaired) electrons. The second-order valence-electron chi connectivity index (χ2n) is 3.94. The van der Waals surface area contributed by atoms with Crippen LogP contribution in [-0.4, -0.2) is 18.2 Å². The highest BCUT2D eigenvalue weighted by atomic mass is 19.1. The van der Waals surface area contributed by atoms with Crippen molar-refractivity contribution in [1.82, 2.24) is 0 Å². The first-order chi connectivity index (χ1) is 7.88. The van der Waals surface area contributed by atoms with Crippen molar-refractivity contribution < 1.29 is 19.0 Å². The molecule has 17 heavy (non-hydrogen) atoms. The van der Waals surface area contributed by atoms with Gasteiger partial charge in [0.1, 0.15) is 11.6 Å². The van der Waals surface area contributed by atoms with Gasteiger partial charge in [0.05, 0.1) is 13.5 Å². The van der Waals surface area contributed by atoms with Crippen molar-refractivity contribution in [3.63, 3.8) is 0 Å². The van der Waals surface area contributed by atoms with Crippen LogP contribution in [-0.2, 0) is 4.79 Å². The summed E-state index contributed by atoms with van der Waals surface area (Å²) in [5.41, 5.74) is 7.28. The maximum atomic E-state index is 13.6. The Hall–Kier alpha value is -1.62. The third kappa shape index (κ3) is 2.74. The molecule has 5 heteroatoms. The van der Waals surface area contributed by atoms with Gasteiger partial charge in [-0.15, -0.1) is 0 Å². The van der Waals surface area contributed by atoms with Crippen LogP contribution in [0.3, 0.4) is 0 Å². The quantitative estimate of drug-likeness (QED) is 0.844. The Morgan fingerprint density at radius 2 is 2.12 bits per heavy atom. The number of halogens is 1. The monoisotopic (exact) mass is 241 g/mol. The van der Waals surface area contributed by atoms with Crippen molar-refractivity contribution in [2.75, 3.05) is 7.11 Å². The number of methoxy groups -OCH3 is 1. The van der Waals surface area contributed by atoms with Crippen LogP contribution >= 0.6 is 0 Å². The van der Waals surface area contributed by atoms with Gasteiger partial charge in [0.2, 0.25) is 0 Å². The SMILES string of the molecule is COc1c(C)c(F)cc(C(N)CC(=O)O)c1C. The van der Waals surface area contributed by atoms with Crippen molar-refractivity contribution in [2.24, 2.45) is 5.73 Å². The molecule has 0 aliphatic rings. The van der Waals surface area contributed by atoms with E-state index in [1.54, 1.807) is 13.8 Å². The van der Waals surface area contributed by atoms with E-state index in [2.05, 4.69) is 0 Å². The Kier molecular flexibility index (Phi) is 4.07. The predicted octanol–water partition coefficient (Wildman–Crippen LogP) is 1.93. The second kappa shape index (κ2) is 5.14. The Labute approximate surface area is 99.2 Å². The van der Waals surface area contributed by atoms with Crippen LogP contribution in [0, 0.1) is 19.7 Å². The minimum Gasteiger partial charge on any atom is -0.496 e. The van der Waals surface area contributed by atoms with E-state index in [4.69, 9.17) is 15.6 Å². The van der Waals surface area contributed by atoms with Gasteiger partial charge in [-0.1, -0.05) is 0 Å². The lowest BCUT2D eigenvalue weighted by Gasteiger charge is -2.17. The maximum absolute atomic E-state index is 13.6. The molecule has 0 spiro atoms. The summed E-state index contributed by atoms with van der Waals surface area (Å²) in [5.74, 6) is -1.04. The van der Waals surface area contributed by atoms with Crippen LogP contribution < -0.4 is 10.5 Å². The van der Waals surface area contributed by atoms with Crippen molar-refractivity contribution in [3.8, 4) is 5.75 Å². The molecule has 1 unspecified atom stereocenters. The number of aliphatic carboxylic acids is 1. The summed E-state index contributed by atoms with van der Waals surface area (Å²) in [6.45, 7) is 3.34. The van der Waals surface area contributed by atoms with E-state index in [0.717, 1.165) is 0 Å². The molecular weight excluding hydrogens is 225 g/mol. The zero-order valence-corrected chi connectivity index (χ0v) is 10.1. The van der Waals surface area contributed by atoms with E-state index in [9.17, 15) is 9.18 Å². The van der Waals surface area contributed by atoms with Gasteiger partial charge in [-0.05, 0) is 31.0 Å². The topological polar surface area (TPSA) is 72.5 Å². The third-order valence-corrected chi connectivity index (χ3v) is 2.75. The average molecular weight is 241 g/mol. The van der Waals surface area contributed by atoms with Gasteiger partial charge in [-0.3, -0.25) is 4.79 Å². The van der Waals surface area contributed by atoms with Crippen molar-refractivity contribution in [1.29, 1.82) is 0 Å².